The van der Waals surface area contributed by atoms with E-state index in [0.29, 0.717) is 12.1 Å². The molecule has 3 N–H and O–H groups in total. The molecule has 7 nitrogen and oxygen atoms in total. The van der Waals surface area contributed by atoms with E-state index < -0.39 is 0 Å². The summed E-state index contributed by atoms with van der Waals surface area (Å²) in [6.45, 7) is 7.35. The zero-order chi connectivity index (χ0) is 19.9. The quantitative estimate of drug-likeness (QED) is 0.692. The van der Waals surface area contributed by atoms with Crippen LogP contribution in [0.3, 0.4) is 0 Å². The molecule has 2 aliphatic rings. The molecule has 29 heavy (non-hydrogen) atoms. The number of H-pyrrole nitrogens is 1. The molecule has 154 valence electrons. The van der Waals surface area contributed by atoms with E-state index in [1.807, 2.05) is 18.2 Å². The number of amides is 1. The fourth-order valence-electron chi connectivity index (χ4n) is 3.90. The predicted octanol–water partition coefficient (Wildman–Crippen LogP) is -0.449. The number of rotatable bonds is 6. The van der Waals surface area contributed by atoms with Crippen LogP contribution in [0.15, 0.2) is 48.7 Å². The Hall–Kier alpha value is -2.48. The number of hydrogen-bond acceptors (Lipinski definition) is 4. The van der Waals surface area contributed by atoms with Gasteiger partial charge in [0.15, 0.2) is 0 Å². The number of pyridine rings is 1. The van der Waals surface area contributed by atoms with Crippen molar-refractivity contribution in [2.45, 2.75) is 12.6 Å². The maximum Gasteiger partial charge on any atom is 0.274 e. The Balaban J connectivity index is 1.25. The number of aromatic nitrogens is 1. The second-order valence-electron chi connectivity index (χ2n) is 7.63. The van der Waals surface area contributed by atoms with Gasteiger partial charge < -0.3 is 19.7 Å². The molecule has 7 heteroatoms. The van der Waals surface area contributed by atoms with Gasteiger partial charge in [0.25, 0.3) is 11.7 Å². The standard InChI is InChI=1S/C22H28N4O3/c27-22(19-6-7-21(23-14-19)26-9-11-28-12-10-26)24-15-20-17-25(8-13-29-20)16-18-4-2-1-3-5-18/h1-7,14,20H,8-13,15-17H2,(H,24,27)/p+2/t20-/m1/s1. The third-order valence-electron chi connectivity index (χ3n) is 5.52. The lowest BCUT2D eigenvalue weighted by atomic mass is 10.2. The van der Waals surface area contributed by atoms with Crippen molar-refractivity contribution >= 4 is 11.7 Å². The second kappa shape index (κ2) is 9.82. The monoisotopic (exact) mass is 398 g/mol. The Morgan fingerprint density at radius 3 is 2.72 bits per heavy atom. The summed E-state index contributed by atoms with van der Waals surface area (Å²) in [6.07, 6.45) is 1.82. The van der Waals surface area contributed by atoms with E-state index in [-0.39, 0.29) is 12.0 Å². The number of nitrogens with one attached hydrogen (secondary N) is 3. The molecule has 2 aliphatic heterocycles. The van der Waals surface area contributed by atoms with Gasteiger partial charge in [0, 0.05) is 18.2 Å². The van der Waals surface area contributed by atoms with Crippen molar-refractivity contribution in [3.05, 3.63) is 59.8 Å². The average Bonchev–Trinajstić information content (AvgIpc) is 2.79. The predicted molar refractivity (Wildman–Crippen MR) is 109 cm³/mol. The van der Waals surface area contributed by atoms with Crippen molar-refractivity contribution < 1.29 is 24.2 Å². The van der Waals surface area contributed by atoms with Crippen LogP contribution in [-0.2, 0) is 16.0 Å². The van der Waals surface area contributed by atoms with Crippen LogP contribution in [0, 0.1) is 0 Å². The Kier molecular flexibility index (Phi) is 6.71. The number of quaternary nitrogens is 1. The topological polar surface area (TPSA) is 69.4 Å². The molecule has 1 amide bonds. The minimum atomic E-state index is -0.0754. The van der Waals surface area contributed by atoms with Crippen molar-refractivity contribution in [2.75, 3.05) is 57.4 Å². The average molecular weight is 399 g/mol. The zero-order valence-corrected chi connectivity index (χ0v) is 16.7. The minimum Gasteiger partial charge on any atom is -0.373 e. The molecule has 0 aliphatic carbocycles. The first-order valence-corrected chi connectivity index (χ1v) is 10.4. The van der Waals surface area contributed by atoms with Gasteiger partial charge in [0.05, 0.1) is 25.4 Å². The smallest absolute Gasteiger partial charge is 0.274 e. The normalized spacial score (nSPS) is 22.3. The molecule has 1 unspecified atom stereocenters. The first-order valence-electron chi connectivity index (χ1n) is 10.4. The van der Waals surface area contributed by atoms with Crippen LogP contribution in [0.5, 0.6) is 0 Å². The summed E-state index contributed by atoms with van der Waals surface area (Å²) in [5.41, 5.74) is 1.97. The van der Waals surface area contributed by atoms with Crippen LogP contribution in [0.1, 0.15) is 15.9 Å². The van der Waals surface area contributed by atoms with Crippen molar-refractivity contribution in [3.63, 3.8) is 0 Å². The number of ether oxygens (including phenoxy) is 2. The summed E-state index contributed by atoms with van der Waals surface area (Å²) in [6, 6.07) is 14.4. The summed E-state index contributed by atoms with van der Waals surface area (Å²) in [5, 5.41) is 3.02. The van der Waals surface area contributed by atoms with E-state index in [1.165, 1.54) is 10.5 Å². The highest BCUT2D eigenvalue weighted by atomic mass is 16.5. The van der Waals surface area contributed by atoms with Gasteiger partial charge in [0.1, 0.15) is 45.0 Å². The zero-order valence-electron chi connectivity index (χ0n) is 16.7. The molecule has 2 atom stereocenters. The summed E-state index contributed by atoms with van der Waals surface area (Å²) >= 11 is 0. The lowest BCUT2D eigenvalue weighted by molar-refractivity contribution is -0.925. The summed E-state index contributed by atoms with van der Waals surface area (Å²) in [4.78, 5) is 19.5. The molecule has 2 saturated heterocycles. The summed E-state index contributed by atoms with van der Waals surface area (Å²) in [7, 11) is 0. The molecule has 4 rings (SSSR count). The molecular weight excluding hydrogens is 368 g/mol. The van der Waals surface area contributed by atoms with Gasteiger partial charge in [0.2, 0.25) is 0 Å². The first kappa shape index (κ1) is 19.8. The van der Waals surface area contributed by atoms with Crippen molar-refractivity contribution in [1.82, 2.24) is 5.32 Å². The molecule has 2 aromatic rings. The fraction of sp³-hybridized carbons (Fsp3) is 0.455. The van der Waals surface area contributed by atoms with Crippen molar-refractivity contribution in [1.29, 1.82) is 0 Å². The highest BCUT2D eigenvalue weighted by Crippen LogP contribution is 2.09. The van der Waals surface area contributed by atoms with Crippen LogP contribution in [0.4, 0.5) is 5.82 Å². The summed E-state index contributed by atoms with van der Waals surface area (Å²) < 4.78 is 11.2. The summed E-state index contributed by atoms with van der Waals surface area (Å²) in [5.74, 6) is 0.939. The van der Waals surface area contributed by atoms with Gasteiger partial charge in [-0.1, -0.05) is 30.3 Å². The van der Waals surface area contributed by atoms with Crippen LogP contribution in [0.2, 0.25) is 0 Å². The van der Waals surface area contributed by atoms with Gasteiger partial charge in [-0.25, -0.2) is 4.98 Å². The van der Waals surface area contributed by atoms with Gasteiger partial charge >= 0.3 is 0 Å². The second-order valence-corrected chi connectivity index (χ2v) is 7.63. The SMILES string of the molecule is O=C(NC[C@@H]1C[NH+](Cc2ccccc2)CCO1)c1ccc(N2CCOCC2)[nH+]c1. The molecule has 0 radical (unpaired) electrons. The first-order chi connectivity index (χ1) is 14.3. The molecule has 1 aromatic heterocycles. The number of carbonyl (C=O) groups excluding carboxylic acids is 1. The van der Waals surface area contributed by atoms with E-state index in [4.69, 9.17) is 9.47 Å². The molecular formula is C22H30N4O3+2. The van der Waals surface area contributed by atoms with Crippen molar-refractivity contribution in [3.8, 4) is 0 Å². The fourth-order valence-corrected chi connectivity index (χ4v) is 3.90. The molecule has 2 fully saturated rings. The number of morpholine rings is 2. The Morgan fingerprint density at radius 1 is 1.14 bits per heavy atom. The molecule has 0 saturated carbocycles. The largest absolute Gasteiger partial charge is 0.373 e. The third kappa shape index (κ3) is 5.53. The van der Waals surface area contributed by atoms with E-state index in [2.05, 4.69) is 39.5 Å². The molecule has 0 spiro atoms. The van der Waals surface area contributed by atoms with Crippen LogP contribution < -0.4 is 20.1 Å². The van der Waals surface area contributed by atoms with Gasteiger partial charge in [-0.15, -0.1) is 0 Å². The number of aromatic amines is 1. The van der Waals surface area contributed by atoms with E-state index in [0.717, 1.165) is 58.4 Å². The molecule has 0 bridgehead atoms. The molecule has 3 heterocycles. The molecule has 1 aromatic carbocycles. The number of hydrogen-bond donors (Lipinski definition) is 2. The van der Waals surface area contributed by atoms with E-state index in [9.17, 15) is 4.79 Å². The van der Waals surface area contributed by atoms with Gasteiger partial charge in [-0.2, -0.15) is 0 Å². The number of nitrogens with zero attached hydrogens (tertiary/aromatic N) is 1. The minimum absolute atomic E-state index is 0.0445. The number of carbonyl (C=O) groups is 1. The maximum absolute atomic E-state index is 12.5. The Morgan fingerprint density at radius 2 is 1.97 bits per heavy atom. The Labute approximate surface area is 171 Å². The highest BCUT2D eigenvalue weighted by Gasteiger charge is 2.25. The number of anilines is 1. The Bertz CT molecular complexity index is 778. The van der Waals surface area contributed by atoms with Crippen molar-refractivity contribution in [2.24, 2.45) is 0 Å². The van der Waals surface area contributed by atoms with Crippen LogP contribution in [0.25, 0.3) is 0 Å². The van der Waals surface area contributed by atoms with E-state index in [1.54, 1.807) is 6.20 Å². The lowest BCUT2D eigenvalue weighted by Gasteiger charge is -2.30. The highest BCUT2D eigenvalue weighted by molar-refractivity contribution is 5.93. The van der Waals surface area contributed by atoms with Gasteiger partial charge in [-0.3, -0.25) is 9.69 Å². The van der Waals surface area contributed by atoms with Crippen LogP contribution in [-0.4, -0.2) is 64.6 Å². The maximum atomic E-state index is 12.5. The van der Waals surface area contributed by atoms with Crippen LogP contribution >= 0.6 is 0 Å². The third-order valence-corrected chi connectivity index (χ3v) is 5.52. The van der Waals surface area contributed by atoms with E-state index >= 15 is 0 Å². The van der Waals surface area contributed by atoms with Gasteiger partial charge in [-0.05, 0) is 6.07 Å². The number of benzene rings is 1. The lowest BCUT2D eigenvalue weighted by Crippen LogP contribution is -3.13.